The molecule has 9 nitrogen and oxygen atoms in total. The molecule has 0 saturated carbocycles. The van der Waals surface area contributed by atoms with Gasteiger partial charge >= 0.3 is 5.97 Å². The topological polar surface area (TPSA) is 147 Å². The highest BCUT2D eigenvalue weighted by molar-refractivity contribution is 6.05. The minimum atomic E-state index is -1.07. The number of aromatic nitrogens is 4. The number of H-pyrrole nitrogens is 1. The van der Waals surface area contributed by atoms with Crippen LogP contribution in [0, 0.1) is 0 Å². The second-order valence-electron chi connectivity index (χ2n) is 7.33. The number of aromatic amines is 1. The summed E-state index contributed by atoms with van der Waals surface area (Å²) in [6.45, 7) is 4.03. The maximum absolute atomic E-state index is 12.9. The Hall–Kier alpha value is -3.75. The highest BCUT2D eigenvalue weighted by Gasteiger charge is 2.38. The van der Waals surface area contributed by atoms with Crippen molar-refractivity contribution in [3.63, 3.8) is 0 Å². The lowest BCUT2D eigenvalue weighted by Crippen LogP contribution is -2.29. The van der Waals surface area contributed by atoms with E-state index in [0.717, 1.165) is 11.1 Å². The lowest BCUT2D eigenvalue weighted by Gasteiger charge is -2.31. The van der Waals surface area contributed by atoms with Gasteiger partial charge < -0.3 is 16.2 Å². The molecule has 2 heterocycles. The van der Waals surface area contributed by atoms with Gasteiger partial charge in [-0.2, -0.15) is 5.10 Å². The van der Waals surface area contributed by atoms with E-state index >= 15 is 0 Å². The number of hydrogen-bond donors (Lipinski definition) is 4. The first-order valence-electron chi connectivity index (χ1n) is 8.61. The molecule has 1 aliphatic rings. The Kier molecular flexibility index (Phi) is 3.88. The van der Waals surface area contributed by atoms with E-state index in [1.54, 1.807) is 18.3 Å². The van der Waals surface area contributed by atoms with Gasteiger partial charge in [-0.25, -0.2) is 14.8 Å². The third kappa shape index (κ3) is 2.86. The number of nitrogens with two attached hydrogens (primary N) is 1. The third-order valence-electron chi connectivity index (χ3n) is 4.78. The summed E-state index contributed by atoms with van der Waals surface area (Å²) in [5, 5.41) is 19.0. The monoisotopic (exact) mass is 378 g/mol. The fraction of sp³-hybridized carbons (Fsp3) is 0.211. The van der Waals surface area contributed by atoms with Crippen LogP contribution in [0.15, 0.2) is 30.5 Å². The quantitative estimate of drug-likeness (QED) is 0.546. The van der Waals surface area contributed by atoms with Crippen molar-refractivity contribution in [2.75, 3.05) is 11.1 Å². The molecule has 0 aliphatic heterocycles. The van der Waals surface area contributed by atoms with E-state index in [9.17, 15) is 9.59 Å². The molecular weight excluding hydrogens is 360 g/mol. The van der Waals surface area contributed by atoms with Crippen LogP contribution in [0.2, 0.25) is 0 Å². The van der Waals surface area contributed by atoms with E-state index < -0.39 is 11.9 Å². The van der Waals surface area contributed by atoms with E-state index in [0.29, 0.717) is 23.5 Å². The highest BCUT2D eigenvalue weighted by atomic mass is 16.4. The summed E-state index contributed by atoms with van der Waals surface area (Å²) in [5.41, 5.74) is 9.00. The van der Waals surface area contributed by atoms with E-state index in [1.165, 1.54) is 12.1 Å². The van der Waals surface area contributed by atoms with Crippen LogP contribution in [0.4, 0.5) is 11.6 Å². The number of carboxylic acids is 1. The normalized spacial score (nSPS) is 14.1. The number of nitrogens with one attached hydrogen (secondary N) is 2. The second-order valence-corrected chi connectivity index (χ2v) is 7.33. The van der Waals surface area contributed by atoms with Gasteiger partial charge in [-0.15, -0.1) is 0 Å². The molecule has 5 N–H and O–H groups in total. The summed E-state index contributed by atoms with van der Waals surface area (Å²) in [7, 11) is 0. The molecule has 0 unspecified atom stereocenters. The molecule has 0 saturated heterocycles. The Labute approximate surface area is 160 Å². The van der Waals surface area contributed by atoms with Gasteiger partial charge in [0, 0.05) is 17.4 Å². The predicted octanol–water partition coefficient (Wildman–Crippen LogP) is 2.23. The molecule has 28 heavy (non-hydrogen) atoms. The molecule has 0 atom stereocenters. The van der Waals surface area contributed by atoms with E-state index in [2.05, 4.69) is 25.5 Å². The number of carbonyl (C=O) groups is 2. The van der Waals surface area contributed by atoms with Gasteiger partial charge in [0.15, 0.2) is 5.69 Å². The number of hydrogen-bond acceptors (Lipinski definition) is 6. The molecule has 1 aliphatic carbocycles. The van der Waals surface area contributed by atoms with Crippen molar-refractivity contribution in [1.82, 2.24) is 20.2 Å². The van der Waals surface area contributed by atoms with Crippen molar-refractivity contribution >= 4 is 23.5 Å². The molecule has 0 spiro atoms. The van der Waals surface area contributed by atoms with E-state index in [4.69, 9.17) is 10.8 Å². The number of rotatable bonds is 3. The van der Waals surface area contributed by atoms with Crippen LogP contribution in [-0.2, 0) is 11.8 Å². The van der Waals surface area contributed by atoms with Gasteiger partial charge in [0.2, 0.25) is 5.95 Å². The number of nitrogen functional groups attached to an aromatic ring is 1. The molecule has 4 rings (SSSR count). The Morgan fingerprint density at radius 2 is 2.11 bits per heavy atom. The summed E-state index contributed by atoms with van der Waals surface area (Å²) in [6, 6.07) is 6.04. The average Bonchev–Trinajstić information content (AvgIpc) is 3.09. The zero-order valence-electron chi connectivity index (χ0n) is 15.3. The molecule has 1 amide bonds. The Morgan fingerprint density at radius 3 is 2.86 bits per heavy atom. The van der Waals surface area contributed by atoms with Crippen molar-refractivity contribution in [1.29, 1.82) is 0 Å². The lowest BCUT2D eigenvalue weighted by molar-refractivity contribution is 0.0696. The number of benzene rings is 1. The minimum Gasteiger partial charge on any atom is -0.478 e. The first-order valence-corrected chi connectivity index (χ1v) is 8.61. The summed E-state index contributed by atoms with van der Waals surface area (Å²) in [5.74, 6) is -1.35. The van der Waals surface area contributed by atoms with Gasteiger partial charge in [0.25, 0.3) is 5.91 Å². The number of aromatic carboxylic acids is 1. The molecule has 1 aromatic carbocycles. The molecule has 0 fully saturated rings. The molecule has 0 bridgehead atoms. The second kappa shape index (κ2) is 6.15. The van der Waals surface area contributed by atoms with Gasteiger partial charge in [0.1, 0.15) is 0 Å². The standard InChI is InChI=1S/C19H18N6O3/c1-19(2)7-10-8-21-18(20)23-13(10)14-12(19)15(25-24-14)16(26)22-11-5-3-4-9(6-11)17(27)28/h3-6,8H,7H2,1-2H3,(H,22,26)(H,24,25)(H,27,28)(H2,20,21,23). The lowest BCUT2D eigenvalue weighted by atomic mass is 9.73. The molecule has 3 aromatic rings. The molecule has 142 valence electrons. The van der Waals surface area contributed by atoms with Crippen LogP contribution in [0.3, 0.4) is 0 Å². The number of fused-ring (bicyclic) bond motifs is 3. The Bertz CT molecular complexity index is 1120. The number of carbonyl (C=O) groups excluding carboxylic acids is 1. The predicted molar refractivity (Wildman–Crippen MR) is 102 cm³/mol. The zero-order chi connectivity index (χ0) is 20.1. The molecule has 0 radical (unpaired) electrons. The van der Waals surface area contributed by atoms with Crippen molar-refractivity contribution in [3.8, 4) is 11.4 Å². The third-order valence-corrected chi connectivity index (χ3v) is 4.78. The summed E-state index contributed by atoms with van der Waals surface area (Å²) in [6.07, 6.45) is 2.32. The van der Waals surface area contributed by atoms with Crippen molar-refractivity contribution in [2.45, 2.75) is 25.7 Å². The SMILES string of the molecule is CC1(C)Cc2cnc(N)nc2-c2[nH]nc(C(=O)Nc3cccc(C(=O)O)c3)c21. The maximum atomic E-state index is 12.9. The first-order chi connectivity index (χ1) is 13.3. The molecule has 9 heteroatoms. The van der Waals surface area contributed by atoms with Crippen molar-refractivity contribution in [2.24, 2.45) is 0 Å². The average molecular weight is 378 g/mol. The number of carboxylic acid groups (broad SMARTS) is 1. The van der Waals surface area contributed by atoms with Gasteiger partial charge in [-0.1, -0.05) is 19.9 Å². The van der Waals surface area contributed by atoms with Gasteiger partial charge in [-0.3, -0.25) is 9.89 Å². The fourth-order valence-electron chi connectivity index (χ4n) is 3.59. The largest absolute Gasteiger partial charge is 0.478 e. The fourth-order valence-corrected chi connectivity index (χ4v) is 3.59. The van der Waals surface area contributed by atoms with Crippen molar-refractivity contribution < 1.29 is 14.7 Å². The van der Waals surface area contributed by atoms with E-state index in [-0.39, 0.29) is 22.6 Å². The number of amides is 1. The summed E-state index contributed by atoms with van der Waals surface area (Å²) in [4.78, 5) is 32.4. The maximum Gasteiger partial charge on any atom is 0.335 e. The van der Waals surface area contributed by atoms with Crippen molar-refractivity contribution in [3.05, 3.63) is 52.8 Å². The summed E-state index contributed by atoms with van der Waals surface area (Å²) >= 11 is 0. The zero-order valence-corrected chi connectivity index (χ0v) is 15.3. The minimum absolute atomic E-state index is 0.0864. The van der Waals surface area contributed by atoms with Crippen LogP contribution in [0.25, 0.3) is 11.4 Å². The molecule has 2 aromatic heterocycles. The van der Waals surface area contributed by atoms with E-state index in [1.807, 2.05) is 13.8 Å². The van der Waals surface area contributed by atoms with Crippen LogP contribution in [-0.4, -0.2) is 37.1 Å². The summed E-state index contributed by atoms with van der Waals surface area (Å²) < 4.78 is 0. The molecular formula is C19H18N6O3. The van der Waals surface area contributed by atoms with Crippen LogP contribution < -0.4 is 11.1 Å². The van der Waals surface area contributed by atoms with Gasteiger partial charge in [-0.05, 0) is 35.6 Å². The Morgan fingerprint density at radius 1 is 1.32 bits per heavy atom. The van der Waals surface area contributed by atoms with Crippen LogP contribution in [0.1, 0.15) is 45.8 Å². The van der Waals surface area contributed by atoms with Crippen LogP contribution >= 0.6 is 0 Å². The first kappa shape index (κ1) is 17.7. The smallest absolute Gasteiger partial charge is 0.335 e. The Balaban J connectivity index is 1.74. The van der Waals surface area contributed by atoms with Crippen LogP contribution in [0.5, 0.6) is 0 Å². The highest BCUT2D eigenvalue weighted by Crippen LogP contribution is 2.42. The number of anilines is 2. The van der Waals surface area contributed by atoms with Gasteiger partial charge in [0.05, 0.1) is 17.0 Å². The number of nitrogens with zero attached hydrogens (tertiary/aromatic N) is 3.